The molecule has 0 aliphatic heterocycles. The zero-order valence-corrected chi connectivity index (χ0v) is 19.2. The zero-order chi connectivity index (χ0) is 23.2. The number of nitrogens with one attached hydrogen (secondary N) is 1. The van der Waals surface area contributed by atoms with Gasteiger partial charge in [0, 0.05) is 31.0 Å². The Morgan fingerprint density at radius 2 is 1.83 bits per heavy atom. The molecule has 0 aliphatic carbocycles. The number of hydrogen-bond donors (Lipinski definition) is 1. The van der Waals surface area contributed by atoms with Crippen LogP contribution in [0.4, 0.5) is 8.78 Å². The lowest BCUT2D eigenvalue weighted by Crippen LogP contribution is -2.28. The van der Waals surface area contributed by atoms with Crippen molar-refractivity contribution in [2.45, 2.75) is 60.3 Å². The molecule has 1 aromatic rings. The van der Waals surface area contributed by atoms with Crippen LogP contribution in [0, 0.1) is 5.92 Å². The molecule has 1 rings (SSSR count). The lowest BCUT2D eigenvalue weighted by atomic mass is 10.1. The van der Waals surface area contributed by atoms with Gasteiger partial charge >= 0.3 is 0 Å². The highest BCUT2D eigenvalue weighted by atomic mass is 19.3. The Labute approximate surface area is 180 Å². The molecule has 1 aromatic carbocycles. The first-order valence-corrected chi connectivity index (χ1v) is 10.6. The summed E-state index contributed by atoms with van der Waals surface area (Å²) in [4.78, 5) is 12.0. The number of benzene rings is 1. The highest BCUT2D eigenvalue weighted by Gasteiger charge is 2.23. The van der Waals surface area contributed by atoms with E-state index in [1.807, 2.05) is 32.9 Å². The highest BCUT2D eigenvalue weighted by molar-refractivity contribution is 5.95. The van der Waals surface area contributed by atoms with E-state index in [2.05, 4.69) is 25.7 Å². The average molecular weight is 422 g/mol. The Balaban J connectivity index is 0.00000407. The number of hydrogen-bond acceptors (Lipinski definition) is 2. The molecule has 0 aromatic heterocycles. The van der Waals surface area contributed by atoms with Gasteiger partial charge in [0.15, 0.2) is 0 Å². The van der Waals surface area contributed by atoms with Gasteiger partial charge in [-0.15, -0.1) is 0 Å². The molecule has 0 aliphatic rings. The van der Waals surface area contributed by atoms with Crippen LogP contribution in [0.1, 0.15) is 59.9 Å². The van der Waals surface area contributed by atoms with E-state index in [0.717, 1.165) is 18.9 Å². The van der Waals surface area contributed by atoms with Crippen LogP contribution in [0.15, 0.2) is 60.2 Å². The molecule has 0 saturated carbocycles. The molecule has 1 amide bonds. The number of amides is 1. The normalized spacial score (nSPS) is 12.7. The van der Waals surface area contributed by atoms with Crippen LogP contribution in [0.2, 0.25) is 0 Å². The molecule has 1 atom stereocenters. The summed E-state index contributed by atoms with van der Waals surface area (Å²) < 4.78 is 32.0. The summed E-state index contributed by atoms with van der Waals surface area (Å²) in [7, 11) is 0. The molecule has 0 fully saturated rings. The third-order valence-corrected chi connectivity index (χ3v) is 4.49. The number of allylic oxidation sites excluding steroid dienone is 2. The third kappa shape index (κ3) is 10.9. The number of halogens is 2. The summed E-state index contributed by atoms with van der Waals surface area (Å²) in [5.74, 6) is -2.05. The standard InChI is InChI=1S/C23H31F2NO2.C2H6/c1-6-17(3)16-26-22(27)18(4)8-9-19(7-2)14-15-28-21-12-10-20(11-13-21)23(5,24)25;1-2/h7-13,17H,4,6,14-16H2,1-3,5H3,(H,26,27);1-2H3/b9-8-,19-7+;. The largest absolute Gasteiger partial charge is 0.493 e. The van der Waals surface area contributed by atoms with E-state index >= 15 is 0 Å². The number of ether oxygens (including phenoxy) is 1. The van der Waals surface area contributed by atoms with Crippen molar-refractivity contribution in [2.24, 2.45) is 5.92 Å². The third-order valence-electron chi connectivity index (χ3n) is 4.49. The Hall–Kier alpha value is -2.43. The molecule has 0 spiro atoms. The molecule has 0 bridgehead atoms. The lowest BCUT2D eigenvalue weighted by Gasteiger charge is -2.12. The Kier molecular flexibility index (Phi) is 13.4. The van der Waals surface area contributed by atoms with Gasteiger partial charge in [0.05, 0.1) is 6.61 Å². The van der Waals surface area contributed by atoms with Gasteiger partial charge in [0.2, 0.25) is 0 Å². The maximum absolute atomic E-state index is 13.2. The van der Waals surface area contributed by atoms with Crippen molar-refractivity contribution < 1.29 is 18.3 Å². The number of rotatable bonds is 11. The quantitative estimate of drug-likeness (QED) is 0.315. The van der Waals surface area contributed by atoms with E-state index in [1.54, 1.807) is 18.2 Å². The minimum atomic E-state index is -2.86. The predicted octanol–water partition coefficient (Wildman–Crippen LogP) is 6.81. The highest BCUT2D eigenvalue weighted by Crippen LogP contribution is 2.28. The van der Waals surface area contributed by atoms with E-state index < -0.39 is 5.92 Å². The summed E-state index contributed by atoms with van der Waals surface area (Å²) in [5, 5.41) is 2.87. The summed E-state index contributed by atoms with van der Waals surface area (Å²) in [5.41, 5.74) is 1.36. The fourth-order valence-corrected chi connectivity index (χ4v) is 2.26. The Morgan fingerprint density at radius 3 is 2.33 bits per heavy atom. The molecular formula is C25H37F2NO2. The smallest absolute Gasteiger partial charge is 0.270 e. The molecule has 1 N–H and O–H groups in total. The fourth-order valence-electron chi connectivity index (χ4n) is 2.26. The minimum absolute atomic E-state index is 0.0398. The van der Waals surface area contributed by atoms with Crippen molar-refractivity contribution in [2.75, 3.05) is 13.2 Å². The minimum Gasteiger partial charge on any atom is -0.493 e. The molecule has 0 radical (unpaired) electrons. The first-order valence-electron chi connectivity index (χ1n) is 10.6. The fraction of sp³-hybridized carbons (Fsp3) is 0.480. The van der Waals surface area contributed by atoms with E-state index in [1.165, 1.54) is 12.1 Å². The molecule has 1 unspecified atom stereocenters. The molecule has 3 nitrogen and oxygen atoms in total. The van der Waals surface area contributed by atoms with Crippen LogP contribution in [0.25, 0.3) is 0 Å². The number of alkyl halides is 2. The monoisotopic (exact) mass is 421 g/mol. The maximum atomic E-state index is 13.2. The predicted molar refractivity (Wildman–Crippen MR) is 122 cm³/mol. The molecule has 30 heavy (non-hydrogen) atoms. The summed E-state index contributed by atoms with van der Waals surface area (Å²) >= 11 is 0. The van der Waals surface area contributed by atoms with Crippen LogP contribution in [-0.2, 0) is 10.7 Å². The van der Waals surface area contributed by atoms with Gasteiger partial charge in [-0.25, -0.2) is 8.78 Å². The van der Waals surface area contributed by atoms with Gasteiger partial charge in [0.25, 0.3) is 11.8 Å². The lowest BCUT2D eigenvalue weighted by molar-refractivity contribution is -0.117. The van der Waals surface area contributed by atoms with E-state index in [9.17, 15) is 13.6 Å². The molecule has 0 saturated heterocycles. The van der Waals surface area contributed by atoms with Crippen LogP contribution >= 0.6 is 0 Å². The van der Waals surface area contributed by atoms with Crippen molar-refractivity contribution in [3.05, 3.63) is 65.8 Å². The van der Waals surface area contributed by atoms with E-state index in [0.29, 0.717) is 36.8 Å². The molecule has 5 heteroatoms. The number of carbonyl (C=O) groups excluding carboxylic acids is 1. The first kappa shape index (κ1) is 27.6. The van der Waals surface area contributed by atoms with Crippen LogP contribution in [0.3, 0.4) is 0 Å². The average Bonchev–Trinajstić information content (AvgIpc) is 2.74. The van der Waals surface area contributed by atoms with Gasteiger partial charge in [-0.1, -0.05) is 52.8 Å². The second-order valence-corrected chi connectivity index (χ2v) is 6.96. The first-order chi connectivity index (χ1) is 14.2. The van der Waals surface area contributed by atoms with Crippen molar-refractivity contribution in [1.29, 1.82) is 0 Å². The van der Waals surface area contributed by atoms with Gasteiger partial charge in [-0.3, -0.25) is 4.79 Å². The second kappa shape index (κ2) is 14.5. The Bertz CT molecular complexity index is 701. The maximum Gasteiger partial charge on any atom is 0.270 e. The van der Waals surface area contributed by atoms with Gasteiger partial charge in [-0.2, -0.15) is 0 Å². The summed E-state index contributed by atoms with van der Waals surface area (Å²) in [6, 6.07) is 5.82. The summed E-state index contributed by atoms with van der Waals surface area (Å²) in [6.45, 7) is 15.8. The SMILES string of the molecule is C=C(/C=C\C(=C/C)CCOc1ccc(C(C)(F)F)cc1)C(=O)NCC(C)CC.CC. The van der Waals surface area contributed by atoms with Crippen LogP contribution in [-0.4, -0.2) is 19.1 Å². The number of carbonyl (C=O) groups is 1. The van der Waals surface area contributed by atoms with Gasteiger partial charge < -0.3 is 10.1 Å². The van der Waals surface area contributed by atoms with Crippen molar-refractivity contribution in [3.63, 3.8) is 0 Å². The zero-order valence-electron chi connectivity index (χ0n) is 19.2. The van der Waals surface area contributed by atoms with Gasteiger partial charge in [0.1, 0.15) is 5.75 Å². The molecular weight excluding hydrogens is 384 g/mol. The van der Waals surface area contributed by atoms with Crippen molar-refractivity contribution >= 4 is 5.91 Å². The molecule has 0 heterocycles. The summed E-state index contributed by atoms with van der Waals surface area (Å²) in [6.07, 6.45) is 7.11. The topological polar surface area (TPSA) is 38.3 Å². The second-order valence-electron chi connectivity index (χ2n) is 6.96. The van der Waals surface area contributed by atoms with E-state index in [4.69, 9.17) is 4.74 Å². The molecule has 168 valence electrons. The Morgan fingerprint density at radius 1 is 1.23 bits per heavy atom. The van der Waals surface area contributed by atoms with Crippen LogP contribution < -0.4 is 10.1 Å². The van der Waals surface area contributed by atoms with Crippen LogP contribution in [0.5, 0.6) is 5.75 Å². The van der Waals surface area contributed by atoms with Crippen molar-refractivity contribution in [1.82, 2.24) is 5.32 Å². The van der Waals surface area contributed by atoms with E-state index in [-0.39, 0.29) is 11.5 Å². The van der Waals surface area contributed by atoms with Crippen molar-refractivity contribution in [3.8, 4) is 5.75 Å². The van der Waals surface area contributed by atoms with Gasteiger partial charge in [-0.05, 0) is 48.8 Å².